The highest BCUT2D eigenvalue weighted by Gasteiger charge is 2.09. The SMILES string of the molecule is CN(Cc1ccc(S(C)=O)cc1)C(=O)NCc1cccc(C#N)c1. The zero-order chi connectivity index (χ0) is 17.5. The molecule has 2 rings (SSSR count). The summed E-state index contributed by atoms with van der Waals surface area (Å²) in [5.41, 5.74) is 2.42. The van der Waals surface area contributed by atoms with Gasteiger partial charge in [-0.05, 0) is 35.4 Å². The fourth-order valence-corrected chi connectivity index (χ4v) is 2.71. The molecule has 6 heteroatoms. The minimum absolute atomic E-state index is 0.194. The fraction of sp³-hybridized carbons (Fsp3) is 0.222. The molecule has 0 bridgehead atoms. The maximum atomic E-state index is 12.2. The molecule has 124 valence electrons. The molecule has 1 atom stereocenters. The second-order valence-corrected chi connectivity index (χ2v) is 6.80. The Balaban J connectivity index is 1.89. The van der Waals surface area contributed by atoms with Crippen LogP contribution in [0.2, 0.25) is 0 Å². The Morgan fingerprint density at radius 2 is 1.92 bits per heavy atom. The molecule has 0 saturated heterocycles. The van der Waals surface area contributed by atoms with E-state index in [9.17, 15) is 9.00 Å². The van der Waals surface area contributed by atoms with Crippen LogP contribution >= 0.6 is 0 Å². The van der Waals surface area contributed by atoms with Crippen molar-refractivity contribution in [3.05, 3.63) is 65.2 Å². The number of benzene rings is 2. The molecule has 24 heavy (non-hydrogen) atoms. The van der Waals surface area contributed by atoms with Crippen molar-refractivity contribution in [1.82, 2.24) is 10.2 Å². The first-order chi connectivity index (χ1) is 11.5. The number of carbonyl (C=O) groups is 1. The molecule has 0 fully saturated rings. The zero-order valence-electron chi connectivity index (χ0n) is 13.7. The summed E-state index contributed by atoms with van der Waals surface area (Å²) in [6.07, 6.45) is 1.63. The van der Waals surface area contributed by atoms with E-state index in [1.807, 2.05) is 30.3 Å². The van der Waals surface area contributed by atoms with Gasteiger partial charge in [0.2, 0.25) is 0 Å². The van der Waals surface area contributed by atoms with E-state index in [4.69, 9.17) is 5.26 Å². The predicted molar refractivity (Wildman–Crippen MR) is 93.6 cm³/mol. The van der Waals surface area contributed by atoms with Gasteiger partial charge in [-0.15, -0.1) is 0 Å². The number of urea groups is 1. The van der Waals surface area contributed by atoms with Crippen LogP contribution in [-0.2, 0) is 23.9 Å². The number of nitrogens with one attached hydrogen (secondary N) is 1. The van der Waals surface area contributed by atoms with Gasteiger partial charge in [-0.2, -0.15) is 5.26 Å². The molecule has 5 nitrogen and oxygen atoms in total. The fourth-order valence-electron chi connectivity index (χ4n) is 2.20. The van der Waals surface area contributed by atoms with Gasteiger partial charge in [-0.1, -0.05) is 24.3 Å². The zero-order valence-corrected chi connectivity index (χ0v) is 14.5. The number of amides is 2. The van der Waals surface area contributed by atoms with Crippen LogP contribution in [0.4, 0.5) is 4.79 Å². The monoisotopic (exact) mass is 341 g/mol. The highest BCUT2D eigenvalue weighted by atomic mass is 32.2. The molecule has 1 N–H and O–H groups in total. The average Bonchev–Trinajstić information content (AvgIpc) is 2.60. The first-order valence-electron chi connectivity index (χ1n) is 7.40. The van der Waals surface area contributed by atoms with E-state index >= 15 is 0 Å². The topological polar surface area (TPSA) is 73.2 Å². The lowest BCUT2D eigenvalue weighted by Crippen LogP contribution is -2.36. The Kier molecular flexibility index (Phi) is 6.10. The average molecular weight is 341 g/mol. The maximum absolute atomic E-state index is 12.2. The second-order valence-electron chi connectivity index (χ2n) is 5.43. The van der Waals surface area contributed by atoms with Crippen molar-refractivity contribution >= 4 is 16.8 Å². The Hall–Kier alpha value is -2.65. The molecule has 0 spiro atoms. The third-order valence-corrected chi connectivity index (χ3v) is 4.46. The number of rotatable bonds is 5. The van der Waals surface area contributed by atoms with Crippen LogP contribution in [0.25, 0.3) is 0 Å². The smallest absolute Gasteiger partial charge is 0.317 e. The van der Waals surface area contributed by atoms with Crippen molar-refractivity contribution in [2.45, 2.75) is 18.0 Å². The van der Waals surface area contributed by atoms with E-state index in [2.05, 4.69) is 11.4 Å². The number of nitriles is 1. The van der Waals surface area contributed by atoms with Crippen molar-refractivity contribution in [1.29, 1.82) is 5.26 Å². The Morgan fingerprint density at radius 1 is 1.21 bits per heavy atom. The van der Waals surface area contributed by atoms with Gasteiger partial charge in [-0.3, -0.25) is 4.21 Å². The first kappa shape index (κ1) is 17.7. The summed E-state index contributed by atoms with van der Waals surface area (Å²) in [6.45, 7) is 0.827. The maximum Gasteiger partial charge on any atom is 0.317 e. The van der Waals surface area contributed by atoms with E-state index in [0.717, 1.165) is 16.0 Å². The van der Waals surface area contributed by atoms with Gasteiger partial charge in [0, 0.05) is 42.1 Å². The second kappa shape index (κ2) is 8.27. The standard InChI is InChI=1S/C18H19N3O2S/c1-21(13-14-6-8-17(9-7-14)24(2)23)18(22)20-12-16-5-3-4-15(10-16)11-19/h3-10H,12-13H2,1-2H3,(H,20,22). The van der Waals surface area contributed by atoms with Gasteiger partial charge in [0.15, 0.2) is 0 Å². The molecule has 2 amide bonds. The van der Waals surface area contributed by atoms with Crippen molar-refractivity contribution in [2.24, 2.45) is 0 Å². The summed E-state index contributed by atoms with van der Waals surface area (Å²) in [7, 11) is 0.714. The van der Waals surface area contributed by atoms with Gasteiger partial charge in [0.25, 0.3) is 0 Å². The minimum Gasteiger partial charge on any atom is -0.334 e. The molecule has 2 aromatic carbocycles. The van der Waals surface area contributed by atoms with E-state index < -0.39 is 10.8 Å². The molecule has 0 saturated carbocycles. The lowest BCUT2D eigenvalue weighted by Gasteiger charge is -2.18. The lowest BCUT2D eigenvalue weighted by atomic mass is 10.1. The van der Waals surface area contributed by atoms with E-state index in [0.29, 0.717) is 18.7 Å². The van der Waals surface area contributed by atoms with Gasteiger partial charge in [0.05, 0.1) is 11.6 Å². The van der Waals surface area contributed by atoms with Crippen molar-refractivity contribution in [3.8, 4) is 6.07 Å². The van der Waals surface area contributed by atoms with E-state index in [-0.39, 0.29) is 6.03 Å². The Bertz CT molecular complexity index is 782. The Morgan fingerprint density at radius 3 is 2.54 bits per heavy atom. The number of carbonyl (C=O) groups excluding carboxylic acids is 1. The van der Waals surface area contributed by atoms with E-state index in [1.165, 1.54) is 0 Å². The molecule has 2 aromatic rings. The summed E-state index contributed by atoms with van der Waals surface area (Å²) in [4.78, 5) is 14.5. The van der Waals surface area contributed by atoms with Crippen LogP contribution in [0.1, 0.15) is 16.7 Å². The van der Waals surface area contributed by atoms with Gasteiger partial charge >= 0.3 is 6.03 Å². The third-order valence-electron chi connectivity index (χ3n) is 3.52. The van der Waals surface area contributed by atoms with Gasteiger partial charge in [0.1, 0.15) is 0 Å². The Labute approximate surface area is 144 Å². The third kappa shape index (κ3) is 4.93. The summed E-state index contributed by atoms with van der Waals surface area (Å²) >= 11 is 0. The van der Waals surface area contributed by atoms with Crippen molar-refractivity contribution < 1.29 is 9.00 Å². The molecule has 0 aliphatic carbocycles. The predicted octanol–water partition coefficient (Wildman–Crippen LogP) is 2.64. The highest BCUT2D eigenvalue weighted by molar-refractivity contribution is 7.84. The van der Waals surface area contributed by atoms with Crippen LogP contribution in [0.5, 0.6) is 0 Å². The lowest BCUT2D eigenvalue weighted by molar-refractivity contribution is 0.206. The van der Waals surface area contributed by atoms with Gasteiger partial charge in [-0.25, -0.2) is 4.79 Å². The number of hydrogen-bond acceptors (Lipinski definition) is 3. The van der Waals surface area contributed by atoms with Crippen LogP contribution < -0.4 is 5.32 Å². The molecule has 0 radical (unpaired) electrons. The quantitative estimate of drug-likeness (QED) is 0.908. The molecular weight excluding hydrogens is 322 g/mol. The van der Waals surface area contributed by atoms with Crippen molar-refractivity contribution in [3.63, 3.8) is 0 Å². The largest absolute Gasteiger partial charge is 0.334 e. The summed E-state index contributed by atoms with van der Waals surface area (Å²) < 4.78 is 11.4. The summed E-state index contributed by atoms with van der Waals surface area (Å²) in [6, 6.07) is 16.4. The number of hydrogen-bond donors (Lipinski definition) is 1. The summed E-state index contributed by atoms with van der Waals surface area (Å²) in [5.74, 6) is 0. The molecule has 0 aromatic heterocycles. The molecule has 0 aliphatic rings. The molecular formula is C18H19N3O2S. The molecule has 1 unspecified atom stereocenters. The van der Waals surface area contributed by atoms with Crippen LogP contribution in [-0.4, -0.2) is 28.4 Å². The van der Waals surface area contributed by atoms with E-state index in [1.54, 1.807) is 36.4 Å². The molecule has 0 heterocycles. The highest BCUT2D eigenvalue weighted by Crippen LogP contribution is 2.10. The molecule has 0 aliphatic heterocycles. The summed E-state index contributed by atoms with van der Waals surface area (Å²) in [5, 5.41) is 11.7. The van der Waals surface area contributed by atoms with Crippen molar-refractivity contribution in [2.75, 3.05) is 13.3 Å². The van der Waals surface area contributed by atoms with Gasteiger partial charge < -0.3 is 10.2 Å². The first-order valence-corrected chi connectivity index (χ1v) is 8.96. The van der Waals surface area contributed by atoms with Crippen LogP contribution in [0, 0.1) is 11.3 Å². The van der Waals surface area contributed by atoms with Crippen LogP contribution in [0.15, 0.2) is 53.4 Å². The van der Waals surface area contributed by atoms with Crippen LogP contribution in [0.3, 0.4) is 0 Å². The number of nitrogens with zero attached hydrogens (tertiary/aromatic N) is 2. The normalized spacial score (nSPS) is 11.4. The minimum atomic E-state index is -1.00.